The third-order valence-corrected chi connectivity index (χ3v) is 3.72. The van der Waals surface area contributed by atoms with E-state index in [0.29, 0.717) is 11.4 Å². The summed E-state index contributed by atoms with van der Waals surface area (Å²) in [5.74, 6) is -2.07. The minimum absolute atomic E-state index is 0.340. The van der Waals surface area contributed by atoms with Crippen molar-refractivity contribution in [2.75, 3.05) is 17.6 Å². The first kappa shape index (κ1) is 14.3. The van der Waals surface area contributed by atoms with Crippen molar-refractivity contribution >= 4 is 21.7 Å². The number of aliphatic carboxylic acids is 1. The number of carboxylic acids is 1. The largest absolute Gasteiger partial charge is 0.497 e. The lowest BCUT2D eigenvalue weighted by Gasteiger charge is -2.11. The highest BCUT2D eigenvalue weighted by Crippen LogP contribution is 2.18. The van der Waals surface area contributed by atoms with Crippen molar-refractivity contribution < 1.29 is 23.1 Å². The molecule has 2 N–H and O–H groups in total. The van der Waals surface area contributed by atoms with Crippen LogP contribution in [0.4, 0.5) is 5.69 Å². The van der Waals surface area contributed by atoms with Gasteiger partial charge >= 0.3 is 5.97 Å². The monoisotopic (exact) mass is 273 g/mol. The van der Waals surface area contributed by atoms with E-state index in [2.05, 4.69) is 4.72 Å². The number of carbonyl (C=O) groups is 1. The van der Waals surface area contributed by atoms with Crippen molar-refractivity contribution in [2.24, 2.45) is 5.92 Å². The second kappa shape index (κ2) is 5.72. The predicted molar refractivity (Wildman–Crippen MR) is 67.2 cm³/mol. The van der Waals surface area contributed by atoms with Crippen LogP contribution in [0.3, 0.4) is 0 Å². The first-order chi connectivity index (χ1) is 8.34. The molecule has 0 fully saturated rings. The molecule has 100 valence electrons. The number of hydrogen-bond donors (Lipinski definition) is 2. The lowest BCUT2D eigenvalue weighted by molar-refractivity contribution is -0.140. The lowest BCUT2D eigenvalue weighted by atomic mass is 10.2. The SMILES string of the molecule is COc1cccc(NS(=O)(=O)C[C@H](C)C(=O)O)c1. The molecule has 6 nitrogen and oxygen atoms in total. The molecule has 0 amide bonds. The highest BCUT2D eigenvalue weighted by Gasteiger charge is 2.20. The second-order valence-corrected chi connectivity index (χ2v) is 5.62. The maximum atomic E-state index is 11.7. The van der Waals surface area contributed by atoms with Crippen LogP contribution in [0.15, 0.2) is 24.3 Å². The van der Waals surface area contributed by atoms with Crippen molar-refractivity contribution in [3.8, 4) is 5.75 Å². The van der Waals surface area contributed by atoms with Gasteiger partial charge in [-0.2, -0.15) is 0 Å². The maximum Gasteiger partial charge on any atom is 0.307 e. The van der Waals surface area contributed by atoms with Crippen LogP contribution in [0, 0.1) is 5.92 Å². The van der Waals surface area contributed by atoms with Crippen LogP contribution in [0.2, 0.25) is 0 Å². The van der Waals surface area contributed by atoms with Crippen LogP contribution in [0.25, 0.3) is 0 Å². The van der Waals surface area contributed by atoms with Gasteiger partial charge < -0.3 is 9.84 Å². The predicted octanol–water partition coefficient (Wildman–Crippen LogP) is 1.16. The zero-order valence-electron chi connectivity index (χ0n) is 10.1. The molecule has 18 heavy (non-hydrogen) atoms. The van der Waals surface area contributed by atoms with E-state index < -0.39 is 27.7 Å². The average molecular weight is 273 g/mol. The van der Waals surface area contributed by atoms with Gasteiger partial charge in [0.05, 0.1) is 24.5 Å². The summed E-state index contributed by atoms with van der Waals surface area (Å²) >= 11 is 0. The van der Waals surface area contributed by atoms with Crippen molar-refractivity contribution in [2.45, 2.75) is 6.92 Å². The Kier molecular flexibility index (Phi) is 4.55. The number of hydrogen-bond acceptors (Lipinski definition) is 4. The van der Waals surface area contributed by atoms with Gasteiger partial charge in [0.25, 0.3) is 0 Å². The van der Waals surface area contributed by atoms with E-state index in [9.17, 15) is 13.2 Å². The molecule has 0 saturated heterocycles. The smallest absolute Gasteiger partial charge is 0.307 e. The van der Waals surface area contributed by atoms with Gasteiger partial charge in [-0.15, -0.1) is 0 Å². The van der Waals surface area contributed by atoms with Gasteiger partial charge in [-0.05, 0) is 12.1 Å². The quantitative estimate of drug-likeness (QED) is 0.811. The van der Waals surface area contributed by atoms with Crippen LogP contribution in [0.1, 0.15) is 6.92 Å². The minimum atomic E-state index is -3.69. The molecule has 0 heterocycles. The summed E-state index contributed by atoms with van der Waals surface area (Å²) in [5.41, 5.74) is 0.340. The second-order valence-electron chi connectivity index (χ2n) is 3.85. The molecule has 1 aromatic carbocycles. The Hall–Kier alpha value is -1.76. The summed E-state index contributed by atoms with van der Waals surface area (Å²) in [5, 5.41) is 8.68. The van der Waals surface area contributed by atoms with Gasteiger partial charge in [0.2, 0.25) is 10.0 Å². The number of sulfonamides is 1. The van der Waals surface area contributed by atoms with Crippen molar-refractivity contribution in [1.82, 2.24) is 0 Å². The normalized spacial score (nSPS) is 12.8. The van der Waals surface area contributed by atoms with Crippen molar-refractivity contribution in [3.05, 3.63) is 24.3 Å². The maximum absolute atomic E-state index is 11.7. The number of methoxy groups -OCH3 is 1. The Morgan fingerprint density at radius 1 is 1.50 bits per heavy atom. The third-order valence-electron chi connectivity index (χ3n) is 2.23. The fourth-order valence-electron chi connectivity index (χ4n) is 1.31. The van der Waals surface area contributed by atoms with E-state index >= 15 is 0 Å². The van der Waals surface area contributed by atoms with Gasteiger partial charge in [-0.1, -0.05) is 13.0 Å². The van der Waals surface area contributed by atoms with Gasteiger partial charge in [0, 0.05) is 6.07 Å². The van der Waals surface area contributed by atoms with Crippen LogP contribution >= 0.6 is 0 Å². The van der Waals surface area contributed by atoms with Crippen LogP contribution in [-0.2, 0) is 14.8 Å². The summed E-state index contributed by atoms with van der Waals surface area (Å²) in [6.45, 7) is 1.34. The van der Waals surface area contributed by atoms with E-state index in [4.69, 9.17) is 9.84 Å². The van der Waals surface area contributed by atoms with E-state index in [1.807, 2.05) is 0 Å². The molecule has 1 rings (SSSR count). The molecular weight excluding hydrogens is 258 g/mol. The fraction of sp³-hybridized carbons (Fsp3) is 0.364. The molecular formula is C11H15NO5S. The van der Waals surface area contributed by atoms with Gasteiger partial charge in [-0.25, -0.2) is 8.42 Å². The summed E-state index contributed by atoms with van der Waals surface area (Å²) in [6, 6.07) is 6.39. The summed E-state index contributed by atoms with van der Waals surface area (Å²) in [6.07, 6.45) is 0. The first-order valence-electron chi connectivity index (χ1n) is 5.21. The molecule has 1 aromatic rings. The highest BCUT2D eigenvalue weighted by atomic mass is 32.2. The Balaban J connectivity index is 2.79. The Morgan fingerprint density at radius 2 is 2.17 bits per heavy atom. The number of rotatable bonds is 6. The fourth-order valence-corrected chi connectivity index (χ4v) is 2.68. The summed E-state index contributed by atoms with van der Waals surface area (Å²) in [7, 11) is -2.22. The number of anilines is 1. The molecule has 0 spiro atoms. The number of benzene rings is 1. The average Bonchev–Trinajstić information content (AvgIpc) is 2.27. The minimum Gasteiger partial charge on any atom is -0.497 e. The van der Waals surface area contributed by atoms with E-state index in [1.165, 1.54) is 20.1 Å². The number of ether oxygens (including phenoxy) is 1. The topological polar surface area (TPSA) is 92.7 Å². The molecule has 0 aliphatic heterocycles. The molecule has 0 aliphatic rings. The van der Waals surface area contributed by atoms with E-state index in [0.717, 1.165) is 0 Å². The van der Waals surface area contributed by atoms with Crippen molar-refractivity contribution in [3.63, 3.8) is 0 Å². The molecule has 7 heteroatoms. The van der Waals surface area contributed by atoms with E-state index in [1.54, 1.807) is 18.2 Å². The molecule has 0 saturated carbocycles. The van der Waals surface area contributed by atoms with Crippen LogP contribution in [0.5, 0.6) is 5.75 Å². The third kappa shape index (κ3) is 4.25. The standard InChI is InChI=1S/C11H15NO5S/c1-8(11(13)14)7-18(15,16)12-9-4-3-5-10(6-9)17-2/h3-6,8,12H,7H2,1-2H3,(H,13,14)/t8-/m0/s1. The Labute approximate surface area is 106 Å². The molecule has 0 unspecified atom stereocenters. The zero-order valence-corrected chi connectivity index (χ0v) is 10.9. The van der Waals surface area contributed by atoms with E-state index in [-0.39, 0.29) is 0 Å². The molecule has 0 aliphatic carbocycles. The van der Waals surface area contributed by atoms with Gasteiger partial charge in [0.15, 0.2) is 0 Å². The lowest BCUT2D eigenvalue weighted by Crippen LogP contribution is -2.25. The Morgan fingerprint density at radius 3 is 2.72 bits per heavy atom. The summed E-state index contributed by atoms with van der Waals surface area (Å²) in [4.78, 5) is 10.6. The molecule has 0 aromatic heterocycles. The highest BCUT2D eigenvalue weighted by molar-refractivity contribution is 7.92. The summed E-state index contributed by atoms with van der Waals surface area (Å²) < 4.78 is 30.7. The van der Waals surface area contributed by atoms with Crippen LogP contribution in [-0.4, -0.2) is 32.4 Å². The molecule has 1 atom stereocenters. The first-order valence-corrected chi connectivity index (χ1v) is 6.86. The molecule has 0 bridgehead atoms. The van der Waals surface area contributed by atoms with Gasteiger partial charge in [-0.3, -0.25) is 9.52 Å². The van der Waals surface area contributed by atoms with Crippen LogP contribution < -0.4 is 9.46 Å². The number of nitrogens with one attached hydrogen (secondary N) is 1. The molecule has 0 radical (unpaired) electrons. The Bertz CT molecular complexity index is 526. The zero-order chi connectivity index (χ0) is 13.8. The van der Waals surface area contributed by atoms with Crippen molar-refractivity contribution in [1.29, 1.82) is 0 Å². The number of carboxylic acid groups (broad SMARTS) is 1. The van der Waals surface area contributed by atoms with Gasteiger partial charge in [0.1, 0.15) is 5.75 Å².